The average Bonchev–Trinajstić information content (AvgIpc) is 2.80. The molecule has 0 fully saturated rings. The summed E-state index contributed by atoms with van der Waals surface area (Å²) in [6, 6.07) is 8.45. The Morgan fingerprint density at radius 2 is 2.00 bits per heavy atom. The summed E-state index contributed by atoms with van der Waals surface area (Å²) in [4.78, 5) is 0. The highest BCUT2D eigenvalue weighted by molar-refractivity contribution is 5.67. The molecular formula is C12H6F3NO2. The van der Waals surface area contributed by atoms with Crippen molar-refractivity contribution >= 4 is 0 Å². The fourth-order valence-electron chi connectivity index (χ4n) is 1.45. The van der Waals surface area contributed by atoms with Crippen molar-refractivity contribution in [2.75, 3.05) is 0 Å². The average molecular weight is 253 g/mol. The second kappa shape index (κ2) is 4.45. The zero-order chi connectivity index (χ0) is 13.2. The normalized spacial score (nSPS) is 11.0. The Morgan fingerprint density at radius 3 is 2.56 bits per heavy atom. The number of nitriles is 1. The van der Waals surface area contributed by atoms with Crippen molar-refractivity contribution in [3.63, 3.8) is 0 Å². The molecule has 0 spiro atoms. The molecule has 2 aromatic rings. The third-order valence-electron chi connectivity index (χ3n) is 2.13. The van der Waals surface area contributed by atoms with Gasteiger partial charge in [-0.2, -0.15) is 5.26 Å². The molecule has 0 saturated heterocycles. The van der Waals surface area contributed by atoms with E-state index in [4.69, 9.17) is 9.68 Å². The van der Waals surface area contributed by atoms with Crippen molar-refractivity contribution in [2.45, 2.75) is 6.36 Å². The summed E-state index contributed by atoms with van der Waals surface area (Å²) in [6.45, 7) is 0. The molecule has 0 saturated carbocycles. The Kier molecular flexibility index (Phi) is 2.98. The number of furan rings is 1. The fourth-order valence-corrected chi connectivity index (χ4v) is 1.45. The Morgan fingerprint density at radius 1 is 1.22 bits per heavy atom. The predicted octanol–water partition coefficient (Wildman–Crippen LogP) is 3.72. The molecule has 0 N–H and O–H groups in total. The van der Waals surface area contributed by atoms with Gasteiger partial charge in [0.25, 0.3) is 0 Å². The molecule has 0 aliphatic rings. The van der Waals surface area contributed by atoms with E-state index in [2.05, 4.69) is 4.74 Å². The zero-order valence-electron chi connectivity index (χ0n) is 8.86. The lowest BCUT2D eigenvalue weighted by molar-refractivity contribution is -0.274. The fraction of sp³-hybridized carbons (Fsp3) is 0.0833. The van der Waals surface area contributed by atoms with Crippen molar-refractivity contribution in [3.05, 3.63) is 42.2 Å². The Balaban J connectivity index is 2.44. The Bertz CT molecular complexity index is 582. The topological polar surface area (TPSA) is 46.2 Å². The second-order valence-corrected chi connectivity index (χ2v) is 3.34. The minimum Gasteiger partial charge on any atom is -0.464 e. The highest BCUT2D eigenvalue weighted by atomic mass is 19.4. The number of hydrogen-bond donors (Lipinski definition) is 0. The number of hydrogen-bond acceptors (Lipinski definition) is 3. The van der Waals surface area contributed by atoms with Crippen LogP contribution in [-0.2, 0) is 0 Å². The molecular weight excluding hydrogens is 247 g/mol. The Hall–Kier alpha value is -2.42. The van der Waals surface area contributed by atoms with Gasteiger partial charge < -0.3 is 9.15 Å². The lowest BCUT2D eigenvalue weighted by atomic mass is 10.1. The minimum absolute atomic E-state index is 0.208. The first-order valence-corrected chi connectivity index (χ1v) is 4.83. The van der Waals surface area contributed by atoms with Gasteiger partial charge >= 0.3 is 6.36 Å². The van der Waals surface area contributed by atoms with Gasteiger partial charge in [0.2, 0.25) is 0 Å². The van der Waals surface area contributed by atoms with Crippen LogP contribution in [0, 0.1) is 11.3 Å². The monoisotopic (exact) mass is 253 g/mol. The van der Waals surface area contributed by atoms with Crippen LogP contribution in [0.1, 0.15) is 5.56 Å². The molecule has 0 aliphatic carbocycles. The van der Waals surface area contributed by atoms with Crippen LogP contribution >= 0.6 is 0 Å². The van der Waals surface area contributed by atoms with Gasteiger partial charge in [-0.05, 0) is 30.3 Å². The van der Waals surface area contributed by atoms with E-state index >= 15 is 0 Å². The maximum atomic E-state index is 12.1. The van der Waals surface area contributed by atoms with Gasteiger partial charge in [0.05, 0.1) is 17.9 Å². The van der Waals surface area contributed by atoms with Crippen molar-refractivity contribution in [1.82, 2.24) is 0 Å². The molecule has 2 rings (SSSR count). The molecule has 6 heteroatoms. The maximum absolute atomic E-state index is 12.1. The predicted molar refractivity (Wildman–Crippen MR) is 55.5 cm³/mol. The van der Waals surface area contributed by atoms with Crippen LogP contribution in [0.5, 0.6) is 5.75 Å². The van der Waals surface area contributed by atoms with E-state index in [1.54, 1.807) is 12.1 Å². The van der Waals surface area contributed by atoms with Crippen molar-refractivity contribution in [3.8, 4) is 23.1 Å². The number of benzene rings is 1. The van der Waals surface area contributed by atoms with Gasteiger partial charge in [0, 0.05) is 5.56 Å². The molecule has 3 nitrogen and oxygen atoms in total. The SMILES string of the molecule is N#Cc1ccc(OC(F)(F)F)cc1-c1ccco1. The molecule has 92 valence electrons. The first-order chi connectivity index (χ1) is 8.49. The molecule has 1 aromatic heterocycles. The number of alkyl halides is 3. The summed E-state index contributed by atoms with van der Waals surface area (Å²) in [5.41, 5.74) is 0.462. The van der Waals surface area contributed by atoms with Gasteiger partial charge in [0.1, 0.15) is 11.5 Å². The lowest BCUT2D eigenvalue weighted by Crippen LogP contribution is -2.17. The molecule has 0 radical (unpaired) electrons. The minimum atomic E-state index is -4.77. The van der Waals surface area contributed by atoms with E-state index in [0.717, 1.165) is 12.1 Å². The summed E-state index contributed by atoms with van der Waals surface area (Å²) in [5, 5.41) is 8.89. The van der Waals surface area contributed by atoms with E-state index in [1.165, 1.54) is 12.3 Å². The van der Waals surface area contributed by atoms with Crippen LogP contribution in [-0.4, -0.2) is 6.36 Å². The van der Waals surface area contributed by atoms with Gasteiger partial charge in [-0.1, -0.05) is 0 Å². The highest BCUT2D eigenvalue weighted by Crippen LogP contribution is 2.30. The lowest BCUT2D eigenvalue weighted by Gasteiger charge is -2.10. The van der Waals surface area contributed by atoms with Gasteiger partial charge in [-0.25, -0.2) is 0 Å². The second-order valence-electron chi connectivity index (χ2n) is 3.34. The van der Waals surface area contributed by atoms with E-state index in [0.29, 0.717) is 5.76 Å². The first kappa shape index (κ1) is 12.0. The largest absolute Gasteiger partial charge is 0.573 e. The van der Waals surface area contributed by atoms with Crippen molar-refractivity contribution in [1.29, 1.82) is 5.26 Å². The van der Waals surface area contributed by atoms with Crippen molar-refractivity contribution < 1.29 is 22.3 Å². The third kappa shape index (κ3) is 2.63. The summed E-state index contributed by atoms with van der Waals surface area (Å²) < 4.78 is 45.1. The number of nitrogens with zero attached hydrogens (tertiary/aromatic N) is 1. The van der Waals surface area contributed by atoms with Crippen LogP contribution in [0.3, 0.4) is 0 Å². The summed E-state index contributed by atoms with van der Waals surface area (Å²) in [5.74, 6) is -0.0907. The van der Waals surface area contributed by atoms with Crippen LogP contribution < -0.4 is 4.74 Å². The zero-order valence-corrected chi connectivity index (χ0v) is 8.86. The van der Waals surface area contributed by atoms with E-state index in [9.17, 15) is 13.2 Å². The highest BCUT2D eigenvalue weighted by Gasteiger charge is 2.31. The number of ether oxygens (including phenoxy) is 1. The van der Waals surface area contributed by atoms with Crippen LogP contribution in [0.2, 0.25) is 0 Å². The van der Waals surface area contributed by atoms with Gasteiger partial charge in [0.15, 0.2) is 0 Å². The third-order valence-corrected chi connectivity index (χ3v) is 2.13. The molecule has 0 atom stereocenters. The number of rotatable bonds is 2. The standard InChI is InChI=1S/C12H6F3NO2/c13-12(14,15)18-9-4-3-8(7-16)10(6-9)11-2-1-5-17-11/h1-6H. The summed E-state index contributed by atoms with van der Waals surface area (Å²) in [7, 11) is 0. The van der Waals surface area contributed by atoms with Crippen LogP contribution in [0.4, 0.5) is 13.2 Å². The van der Waals surface area contributed by atoms with Gasteiger partial charge in [-0.3, -0.25) is 0 Å². The van der Waals surface area contributed by atoms with E-state index < -0.39 is 12.1 Å². The number of halogens is 3. The van der Waals surface area contributed by atoms with E-state index in [-0.39, 0.29) is 11.1 Å². The quantitative estimate of drug-likeness (QED) is 0.819. The summed E-state index contributed by atoms with van der Waals surface area (Å²) in [6.07, 6.45) is -3.40. The van der Waals surface area contributed by atoms with E-state index in [1.807, 2.05) is 6.07 Å². The molecule has 0 amide bonds. The Labute approximate surface area is 100 Å². The molecule has 0 unspecified atom stereocenters. The molecule has 0 bridgehead atoms. The smallest absolute Gasteiger partial charge is 0.464 e. The van der Waals surface area contributed by atoms with Gasteiger partial charge in [-0.15, -0.1) is 13.2 Å². The molecule has 0 aliphatic heterocycles. The maximum Gasteiger partial charge on any atom is 0.573 e. The molecule has 1 aromatic carbocycles. The molecule has 1 heterocycles. The summed E-state index contributed by atoms with van der Waals surface area (Å²) >= 11 is 0. The van der Waals surface area contributed by atoms with Crippen LogP contribution in [0.25, 0.3) is 11.3 Å². The van der Waals surface area contributed by atoms with Crippen LogP contribution in [0.15, 0.2) is 41.0 Å². The molecule has 18 heavy (non-hydrogen) atoms. The van der Waals surface area contributed by atoms with Crippen molar-refractivity contribution in [2.24, 2.45) is 0 Å². The first-order valence-electron chi connectivity index (χ1n) is 4.83.